The first-order valence-corrected chi connectivity index (χ1v) is 12.1. The summed E-state index contributed by atoms with van der Waals surface area (Å²) in [7, 11) is 0. The summed E-state index contributed by atoms with van der Waals surface area (Å²) in [6.45, 7) is 3.54. The third kappa shape index (κ3) is 3.22. The maximum absolute atomic E-state index is 14.0. The summed E-state index contributed by atoms with van der Waals surface area (Å²) in [5.74, 6) is -1.83. The summed E-state index contributed by atoms with van der Waals surface area (Å²) in [6.07, 6.45) is 2.79. The first-order chi connectivity index (χ1) is 16.3. The Bertz CT molecular complexity index is 1340. The summed E-state index contributed by atoms with van der Waals surface area (Å²) < 4.78 is 29.0. The number of aliphatic hydroxyl groups is 1. The van der Waals surface area contributed by atoms with E-state index in [0.29, 0.717) is 22.6 Å². The largest absolute Gasteiger partial charge is 0.503 e. The molecule has 8 nitrogen and oxygen atoms in total. The molecule has 178 valence electrons. The molecule has 2 unspecified atom stereocenters. The van der Waals surface area contributed by atoms with Gasteiger partial charge in [-0.25, -0.2) is 8.78 Å². The van der Waals surface area contributed by atoms with E-state index in [1.54, 1.807) is 10.8 Å². The van der Waals surface area contributed by atoms with Gasteiger partial charge in [0, 0.05) is 37.3 Å². The van der Waals surface area contributed by atoms with E-state index < -0.39 is 29.0 Å². The van der Waals surface area contributed by atoms with E-state index in [0.717, 1.165) is 36.8 Å². The van der Waals surface area contributed by atoms with Crippen molar-refractivity contribution in [2.24, 2.45) is 0 Å². The Balaban J connectivity index is 1.35. The van der Waals surface area contributed by atoms with Gasteiger partial charge in [0.2, 0.25) is 5.43 Å². The van der Waals surface area contributed by atoms with Crippen LogP contribution in [0.2, 0.25) is 0 Å². The minimum Gasteiger partial charge on any atom is -0.503 e. The zero-order valence-electron chi connectivity index (χ0n) is 18.4. The van der Waals surface area contributed by atoms with Crippen molar-refractivity contribution in [3.63, 3.8) is 0 Å². The highest BCUT2D eigenvalue weighted by Crippen LogP contribution is 2.44. The summed E-state index contributed by atoms with van der Waals surface area (Å²) in [4.78, 5) is 17.4. The fourth-order valence-corrected chi connectivity index (χ4v) is 6.62. The van der Waals surface area contributed by atoms with E-state index >= 15 is 0 Å². The van der Waals surface area contributed by atoms with Gasteiger partial charge in [0.15, 0.2) is 17.0 Å². The molecule has 0 spiro atoms. The average Bonchev–Trinajstić information content (AvgIpc) is 3.51. The number of aliphatic hydroxyl groups excluding tert-OH is 1. The van der Waals surface area contributed by atoms with Crippen LogP contribution in [0.1, 0.15) is 42.3 Å². The van der Waals surface area contributed by atoms with Crippen LogP contribution in [0, 0.1) is 11.6 Å². The highest BCUT2D eigenvalue weighted by atomic mass is 32.1. The molecular weight excluding hydrogens is 464 g/mol. The lowest BCUT2D eigenvalue weighted by molar-refractivity contribution is -0.0761. The fourth-order valence-electron chi connectivity index (χ4n) is 5.75. The second-order valence-corrected chi connectivity index (χ2v) is 10.2. The highest BCUT2D eigenvalue weighted by molar-refractivity contribution is 7.14. The van der Waals surface area contributed by atoms with Crippen LogP contribution in [0.15, 0.2) is 29.2 Å². The summed E-state index contributed by atoms with van der Waals surface area (Å²) in [5, 5.41) is 30.9. The Labute approximate surface area is 197 Å². The van der Waals surface area contributed by atoms with E-state index in [-0.39, 0.29) is 35.4 Å². The number of aromatic nitrogens is 3. The van der Waals surface area contributed by atoms with Crippen molar-refractivity contribution in [3.05, 3.63) is 62.5 Å². The van der Waals surface area contributed by atoms with Gasteiger partial charge in [-0.05, 0) is 31.4 Å². The van der Waals surface area contributed by atoms with Gasteiger partial charge in [0.25, 0.3) is 0 Å². The number of rotatable bonds is 3. The van der Waals surface area contributed by atoms with Crippen molar-refractivity contribution in [1.29, 1.82) is 0 Å². The lowest BCUT2D eigenvalue weighted by atomic mass is 10.1. The Hall–Kier alpha value is -2.73. The number of hydrogen-bond acceptors (Lipinski definition) is 8. The minimum absolute atomic E-state index is 0.0221. The monoisotopic (exact) mass is 487 g/mol. The van der Waals surface area contributed by atoms with Crippen LogP contribution in [0.4, 0.5) is 8.78 Å². The first-order valence-electron chi connectivity index (χ1n) is 11.3. The number of hydrogen-bond donors (Lipinski definition) is 2. The predicted molar refractivity (Wildman–Crippen MR) is 120 cm³/mol. The molecule has 3 aliphatic heterocycles. The molecule has 4 atom stereocenters. The van der Waals surface area contributed by atoms with Crippen LogP contribution in [0.5, 0.6) is 5.75 Å². The molecule has 6 rings (SSSR count). The van der Waals surface area contributed by atoms with Gasteiger partial charge in [-0.3, -0.25) is 14.6 Å². The third-order valence-electron chi connectivity index (χ3n) is 7.33. The van der Waals surface area contributed by atoms with Crippen LogP contribution < -0.4 is 5.43 Å². The van der Waals surface area contributed by atoms with Gasteiger partial charge in [-0.1, -0.05) is 17.4 Å². The molecule has 0 aliphatic carbocycles. The zero-order chi connectivity index (χ0) is 23.7. The molecule has 0 saturated carbocycles. The van der Waals surface area contributed by atoms with E-state index in [9.17, 15) is 23.8 Å². The Morgan fingerprint density at radius 1 is 1.26 bits per heavy atom. The Kier molecular flexibility index (Phi) is 5.07. The molecule has 0 bridgehead atoms. The van der Waals surface area contributed by atoms with Crippen LogP contribution >= 0.6 is 11.3 Å². The van der Waals surface area contributed by atoms with Gasteiger partial charge in [0.05, 0.1) is 18.3 Å². The predicted octanol–water partition coefficient (Wildman–Crippen LogP) is 2.44. The molecule has 2 saturated heterocycles. The van der Waals surface area contributed by atoms with E-state index in [1.165, 1.54) is 12.1 Å². The van der Waals surface area contributed by atoms with Crippen molar-refractivity contribution in [2.75, 3.05) is 6.54 Å². The second-order valence-electron chi connectivity index (χ2n) is 9.16. The van der Waals surface area contributed by atoms with Crippen molar-refractivity contribution in [3.8, 4) is 16.3 Å². The number of benzene rings is 1. The first kappa shape index (κ1) is 21.8. The number of aromatic hydroxyl groups is 1. The molecule has 11 heteroatoms. The SMILES string of the molecule is C[C@H]1C2CCCN2[C@@H]2Cn3cc(-c4nnc(Cc5ccc(F)cc5F)s4)c(=O)c(O)c3C(O)N12. The fraction of sp³-hybridized carbons (Fsp3) is 0.435. The van der Waals surface area contributed by atoms with E-state index in [4.69, 9.17) is 0 Å². The van der Waals surface area contributed by atoms with E-state index in [1.807, 2.05) is 4.90 Å². The average molecular weight is 488 g/mol. The van der Waals surface area contributed by atoms with Crippen molar-refractivity contribution >= 4 is 11.3 Å². The highest BCUT2D eigenvalue weighted by Gasteiger charge is 2.52. The maximum Gasteiger partial charge on any atom is 0.233 e. The maximum atomic E-state index is 14.0. The van der Waals surface area contributed by atoms with Gasteiger partial charge in [-0.15, -0.1) is 10.2 Å². The van der Waals surface area contributed by atoms with Crippen molar-refractivity contribution in [1.82, 2.24) is 24.6 Å². The molecule has 0 radical (unpaired) electrons. The quantitative estimate of drug-likeness (QED) is 0.586. The van der Waals surface area contributed by atoms with Gasteiger partial charge in [0.1, 0.15) is 22.3 Å². The van der Waals surface area contributed by atoms with E-state index in [2.05, 4.69) is 22.0 Å². The molecule has 2 fully saturated rings. The molecule has 0 amide bonds. The zero-order valence-corrected chi connectivity index (χ0v) is 19.2. The number of pyridine rings is 1. The van der Waals surface area contributed by atoms with Crippen LogP contribution in [-0.2, 0) is 13.0 Å². The molecule has 3 aliphatic rings. The number of halogens is 2. The molecule has 5 heterocycles. The van der Waals surface area contributed by atoms with Gasteiger partial charge >= 0.3 is 0 Å². The Morgan fingerprint density at radius 3 is 2.88 bits per heavy atom. The van der Waals surface area contributed by atoms with Crippen LogP contribution in [-0.4, -0.2) is 59.6 Å². The molecular formula is C23H23F2N5O3S. The topological polar surface area (TPSA) is 94.7 Å². The lowest BCUT2D eigenvalue weighted by Gasteiger charge is -2.41. The molecule has 3 aromatic rings. The molecule has 1 aromatic carbocycles. The second kappa shape index (κ2) is 7.91. The standard InChI is InChI=1S/C23H23F2N5O3S/c1-11-16-3-2-6-29(16)18-10-28-9-14(20(31)21(32)19(28)23(33)30(11)18)22-27-26-17(34-22)7-12-4-5-13(24)8-15(12)25/h4-5,8-9,11,16,18,23,32-33H,2-3,6-7,10H2,1H3/t11-,16?,18-,23?/m0/s1. The third-order valence-corrected chi connectivity index (χ3v) is 8.29. The van der Waals surface area contributed by atoms with Gasteiger partial charge in [-0.2, -0.15) is 0 Å². The number of nitrogens with zero attached hydrogens (tertiary/aromatic N) is 5. The smallest absolute Gasteiger partial charge is 0.233 e. The molecule has 34 heavy (non-hydrogen) atoms. The summed E-state index contributed by atoms with van der Waals surface area (Å²) >= 11 is 1.11. The lowest BCUT2D eigenvalue weighted by Crippen LogP contribution is -2.50. The summed E-state index contributed by atoms with van der Waals surface area (Å²) in [6, 6.07) is 3.81. The van der Waals surface area contributed by atoms with Gasteiger partial charge < -0.3 is 14.8 Å². The summed E-state index contributed by atoms with van der Waals surface area (Å²) in [5.41, 5.74) is 0.00463. The van der Waals surface area contributed by atoms with Crippen LogP contribution in [0.25, 0.3) is 10.6 Å². The molecule has 2 N–H and O–H groups in total. The normalized spacial score (nSPS) is 26.5. The minimum atomic E-state index is -1.09. The number of fused-ring (bicyclic) bond motifs is 4. The van der Waals surface area contributed by atoms with Crippen molar-refractivity contribution < 1.29 is 19.0 Å². The van der Waals surface area contributed by atoms with Crippen molar-refractivity contribution in [2.45, 2.75) is 57.2 Å². The molecule has 2 aromatic heterocycles. The Morgan fingerprint density at radius 2 is 2.09 bits per heavy atom. The van der Waals surface area contributed by atoms with Crippen LogP contribution in [0.3, 0.4) is 0 Å².